The van der Waals surface area contributed by atoms with Crippen LogP contribution in [0, 0.1) is 0 Å². The van der Waals surface area contributed by atoms with Gasteiger partial charge in [0.1, 0.15) is 0 Å². The van der Waals surface area contributed by atoms with Crippen molar-refractivity contribution in [2.45, 2.75) is 32.7 Å². The zero-order chi connectivity index (χ0) is 12.4. The molecule has 3 heteroatoms. The number of carbonyl (C=O) groups excluding carboxylic acids is 1. The van der Waals surface area contributed by atoms with Crippen molar-refractivity contribution in [3.63, 3.8) is 0 Å². The molecule has 1 heterocycles. The van der Waals surface area contributed by atoms with Gasteiger partial charge in [0.2, 0.25) is 0 Å². The van der Waals surface area contributed by atoms with E-state index in [0.29, 0.717) is 18.2 Å². The van der Waals surface area contributed by atoms with Gasteiger partial charge in [-0.2, -0.15) is 0 Å². The molecule has 0 saturated carbocycles. The zero-order valence-corrected chi connectivity index (χ0v) is 10.7. The molecule has 0 spiro atoms. The molecule has 0 aromatic heterocycles. The van der Waals surface area contributed by atoms with Gasteiger partial charge in [-0.25, -0.2) is 4.79 Å². The second-order valence-electron chi connectivity index (χ2n) is 4.56. The summed E-state index contributed by atoms with van der Waals surface area (Å²) in [7, 11) is 2.10. The van der Waals surface area contributed by atoms with Crippen LogP contribution in [0.1, 0.15) is 36.2 Å². The average Bonchev–Trinajstić information content (AvgIpc) is 2.34. The number of benzene rings is 1. The molecule has 92 valence electrons. The number of fused-ring (bicyclic) bond motifs is 1. The Bertz CT molecular complexity index is 428. The first kappa shape index (κ1) is 12.0. The third kappa shape index (κ3) is 2.28. The Kier molecular flexibility index (Phi) is 3.36. The number of nitrogens with zero attached hydrogens (tertiary/aromatic N) is 1. The second kappa shape index (κ2) is 4.78. The minimum Gasteiger partial charge on any atom is -0.462 e. The first-order valence-corrected chi connectivity index (χ1v) is 6.16. The van der Waals surface area contributed by atoms with Crippen LogP contribution in [-0.2, 0) is 11.2 Å². The number of anilines is 1. The first-order chi connectivity index (χ1) is 8.13. The molecule has 0 amide bonds. The lowest BCUT2D eigenvalue weighted by molar-refractivity contribution is 0.0526. The van der Waals surface area contributed by atoms with Gasteiger partial charge < -0.3 is 9.64 Å². The van der Waals surface area contributed by atoms with Crippen LogP contribution in [0.2, 0.25) is 0 Å². The fourth-order valence-corrected chi connectivity index (χ4v) is 2.27. The number of ether oxygens (including phenoxy) is 1. The van der Waals surface area contributed by atoms with E-state index in [4.69, 9.17) is 4.74 Å². The van der Waals surface area contributed by atoms with Crippen LogP contribution < -0.4 is 4.90 Å². The molecular weight excluding hydrogens is 214 g/mol. The average molecular weight is 233 g/mol. The Morgan fingerprint density at radius 1 is 1.53 bits per heavy atom. The highest BCUT2D eigenvalue weighted by molar-refractivity contribution is 5.90. The van der Waals surface area contributed by atoms with E-state index in [1.807, 2.05) is 25.1 Å². The summed E-state index contributed by atoms with van der Waals surface area (Å²) in [4.78, 5) is 13.9. The molecule has 0 aliphatic carbocycles. The summed E-state index contributed by atoms with van der Waals surface area (Å²) in [6.07, 6.45) is 2.17. The third-order valence-corrected chi connectivity index (χ3v) is 3.46. The fraction of sp³-hybridized carbons (Fsp3) is 0.500. The zero-order valence-electron chi connectivity index (χ0n) is 10.7. The van der Waals surface area contributed by atoms with Gasteiger partial charge in [0.15, 0.2) is 0 Å². The van der Waals surface area contributed by atoms with Crippen molar-refractivity contribution in [2.75, 3.05) is 18.6 Å². The molecule has 1 atom stereocenters. The Hall–Kier alpha value is -1.51. The largest absolute Gasteiger partial charge is 0.462 e. The molecule has 2 rings (SSSR count). The summed E-state index contributed by atoms with van der Waals surface area (Å²) in [6, 6.07) is 6.41. The predicted molar refractivity (Wildman–Crippen MR) is 68.6 cm³/mol. The maximum Gasteiger partial charge on any atom is 0.338 e. The van der Waals surface area contributed by atoms with E-state index < -0.39 is 0 Å². The molecule has 1 aromatic carbocycles. The number of carbonyl (C=O) groups is 1. The molecule has 1 aliphatic rings. The number of hydrogen-bond acceptors (Lipinski definition) is 3. The Balaban J connectivity index is 2.29. The maximum atomic E-state index is 11.6. The molecule has 1 unspecified atom stereocenters. The molecule has 1 aliphatic heterocycles. The smallest absolute Gasteiger partial charge is 0.338 e. The molecule has 17 heavy (non-hydrogen) atoms. The second-order valence-corrected chi connectivity index (χ2v) is 4.56. The summed E-state index contributed by atoms with van der Waals surface area (Å²) < 4.78 is 5.01. The van der Waals surface area contributed by atoms with E-state index in [2.05, 4.69) is 18.9 Å². The fourth-order valence-electron chi connectivity index (χ4n) is 2.27. The predicted octanol–water partition coefficient (Wildman–Crippen LogP) is 2.63. The van der Waals surface area contributed by atoms with Gasteiger partial charge in [-0.05, 0) is 50.5 Å². The van der Waals surface area contributed by atoms with E-state index in [1.165, 1.54) is 11.3 Å². The van der Waals surface area contributed by atoms with Gasteiger partial charge in [0, 0.05) is 18.8 Å². The molecule has 1 aromatic rings. The Morgan fingerprint density at radius 2 is 2.29 bits per heavy atom. The SMILES string of the molecule is CCOC(=O)c1ccc2c(c1)CCC(C)N2C. The van der Waals surface area contributed by atoms with Gasteiger partial charge in [-0.1, -0.05) is 0 Å². The maximum absolute atomic E-state index is 11.6. The lowest BCUT2D eigenvalue weighted by Gasteiger charge is -2.34. The van der Waals surface area contributed by atoms with Crippen LogP contribution in [-0.4, -0.2) is 25.7 Å². The van der Waals surface area contributed by atoms with Crippen molar-refractivity contribution in [2.24, 2.45) is 0 Å². The van der Waals surface area contributed by atoms with E-state index in [-0.39, 0.29) is 5.97 Å². The van der Waals surface area contributed by atoms with Crippen molar-refractivity contribution in [1.29, 1.82) is 0 Å². The number of hydrogen-bond donors (Lipinski definition) is 0. The van der Waals surface area contributed by atoms with Crippen LogP contribution >= 0.6 is 0 Å². The normalized spacial score (nSPS) is 18.8. The van der Waals surface area contributed by atoms with Gasteiger partial charge in [-0.3, -0.25) is 0 Å². The van der Waals surface area contributed by atoms with Crippen molar-refractivity contribution < 1.29 is 9.53 Å². The van der Waals surface area contributed by atoms with E-state index in [1.54, 1.807) is 0 Å². The van der Waals surface area contributed by atoms with Gasteiger partial charge in [-0.15, -0.1) is 0 Å². The minimum atomic E-state index is -0.225. The molecule has 0 saturated heterocycles. The number of rotatable bonds is 2. The topological polar surface area (TPSA) is 29.5 Å². The van der Waals surface area contributed by atoms with Gasteiger partial charge in [0.05, 0.1) is 12.2 Å². The van der Waals surface area contributed by atoms with Crippen molar-refractivity contribution in [1.82, 2.24) is 0 Å². The van der Waals surface area contributed by atoms with Crippen molar-refractivity contribution in [3.05, 3.63) is 29.3 Å². The van der Waals surface area contributed by atoms with Crippen molar-refractivity contribution in [3.8, 4) is 0 Å². The highest BCUT2D eigenvalue weighted by atomic mass is 16.5. The van der Waals surface area contributed by atoms with E-state index >= 15 is 0 Å². The molecule has 0 radical (unpaired) electrons. The highest BCUT2D eigenvalue weighted by Gasteiger charge is 2.21. The Labute approximate surface area is 102 Å². The summed E-state index contributed by atoms with van der Waals surface area (Å²) in [5.41, 5.74) is 3.14. The quantitative estimate of drug-likeness (QED) is 0.735. The number of esters is 1. The summed E-state index contributed by atoms with van der Waals surface area (Å²) in [6.45, 7) is 4.47. The van der Waals surface area contributed by atoms with E-state index in [9.17, 15) is 4.79 Å². The first-order valence-electron chi connectivity index (χ1n) is 6.16. The van der Waals surface area contributed by atoms with Gasteiger partial charge in [0.25, 0.3) is 0 Å². The monoisotopic (exact) mass is 233 g/mol. The highest BCUT2D eigenvalue weighted by Crippen LogP contribution is 2.30. The molecule has 0 bridgehead atoms. The van der Waals surface area contributed by atoms with Crippen molar-refractivity contribution >= 4 is 11.7 Å². The molecule has 3 nitrogen and oxygen atoms in total. The van der Waals surface area contributed by atoms with Gasteiger partial charge >= 0.3 is 5.97 Å². The lowest BCUT2D eigenvalue weighted by atomic mass is 9.95. The molecule has 0 N–H and O–H groups in total. The van der Waals surface area contributed by atoms with Crippen LogP contribution in [0.4, 0.5) is 5.69 Å². The van der Waals surface area contributed by atoms with Crippen LogP contribution in [0.3, 0.4) is 0 Å². The summed E-state index contributed by atoms with van der Waals surface area (Å²) >= 11 is 0. The summed E-state index contributed by atoms with van der Waals surface area (Å²) in [5.74, 6) is -0.225. The minimum absolute atomic E-state index is 0.225. The molecular formula is C14H19NO2. The standard InChI is InChI=1S/C14H19NO2/c1-4-17-14(16)12-7-8-13-11(9-12)6-5-10(2)15(13)3/h7-10H,4-6H2,1-3H3. The van der Waals surface area contributed by atoms with Crippen LogP contribution in [0.15, 0.2) is 18.2 Å². The van der Waals surface area contributed by atoms with Crippen LogP contribution in [0.25, 0.3) is 0 Å². The summed E-state index contributed by atoms with van der Waals surface area (Å²) in [5, 5.41) is 0. The lowest BCUT2D eigenvalue weighted by Crippen LogP contribution is -2.33. The van der Waals surface area contributed by atoms with Crippen LogP contribution in [0.5, 0.6) is 0 Å². The van der Waals surface area contributed by atoms with E-state index in [0.717, 1.165) is 12.8 Å². The molecule has 0 fully saturated rings. The Morgan fingerprint density at radius 3 is 3.00 bits per heavy atom. The third-order valence-electron chi connectivity index (χ3n) is 3.46. The number of aryl methyl sites for hydroxylation is 1.